The fourth-order valence-electron chi connectivity index (χ4n) is 3.28. The smallest absolute Gasteiger partial charge is 0.0706 e. The predicted molar refractivity (Wildman–Crippen MR) is 80.9 cm³/mol. The molecule has 0 bridgehead atoms. The Morgan fingerprint density at radius 1 is 1.29 bits per heavy atom. The van der Waals surface area contributed by atoms with Gasteiger partial charge in [-0.15, -0.1) is 0 Å². The van der Waals surface area contributed by atoms with Gasteiger partial charge in [0.15, 0.2) is 0 Å². The number of aryl methyl sites for hydroxylation is 1. The van der Waals surface area contributed by atoms with Crippen LogP contribution < -0.4 is 5.32 Å². The van der Waals surface area contributed by atoms with E-state index in [-0.39, 0.29) is 0 Å². The van der Waals surface area contributed by atoms with Gasteiger partial charge in [0.2, 0.25) is 0 Å². The van der Waals surface area contributed by atoms with Crippen LogP contribution >= 0.6 is 0 Å². The van der Waals surface area contributed by atoms with Crippen LogP contribution in [0.5, 0.6) is 0 Å². The Labute approximate surface area is 123 Å². The quantitative estimate of drug-likeness (QED) is 0.801. The Balaban J connectivity index is 1.55. The normalized spacial score (nSPS) is 18.0. The van der Waals surface area contributed by atoms with Crippen molar-refractivity contribution in [1.29, 1.82) is 0 Å². The fourth-order valence-corrected chi connectivity index (χ4v) is 3.28. The van der Waals surface area contributed by atoms with Crippen LogP contribution in [0.1, 0.15) is 35.7 Å². The number of fused-ring (bicyclic) bond motifs is 2. The zero-order valence-electron chi connectivity index (χ0n) is 12.2. The van der Waals surface area contributed by atoms with E-state index in [1.807, 2.05) is 40.9 Å². The van der Waals surface area contributed by atoms with Crippen molar-refractivity contribution in [2.24, 2.45) is 7.05 Å². The first kappa shape index (κ1) is 12.6. The molecule has 1 aliphatic carbocycles. The standard InChI is InChI=1S/C16H19N5/c1-20-16-7-4-5-14(13(16)11-18-20)17-9-12-10-19-21-8-3-2-6-15(12)21/h2-3,6,8,10-11,14,17H,4-5,7,9H2,1H3. The van der Waals surface area contributed by atoms with Crippen molar-refractivity contribution in [2.75, 3.05) is 0 Å². The van der Waals surface area contributed by atoms with Gasteiger partial charge in [0.25, 0.3) is 0 Å². The molecule has 21 heavy (non-hydrogen) atoms. The Bertz CT molecular complexity index is 770. The zero-order valence-corrected chi connectivity index (χ0v) is 12.2. The lowest BCUT2D eigenvalue weighted by Crippen LogP contribution is -2.24. The number of nitrogens with zero attached hydrogens (tertiary/aromatic N) is 4. The van der Waals surface area contributed by atoms with Crippen LogP contribution in [-0.4, -0.2) is 19.4 Å². The van der Waals surface area contributed by atoms with Crippen molar-refractivity contribution in [3.63, 3.8) is 0 Å². The lowest BCUT2D eigenvalue weighted by atomic mass is 9.93. The molecule has 5 heteroatoms. The number of hydrogen-bond acceptors (Lipinski definition) is 3. The molecule has 1 N–H and O–H groups in total. The molecule has 1 aliphatic rings. The van der Waals surface area contributed by atoms with Gasteiger partial charge in [0.1, 0.15) is 0 Å². The molecule has 0 spiro atoms. The highest BCUT2D eigenvalue weighted by molar-refractivity contribution is 5.53. The van der Waals surface area contributed by atoms with Gasteiger partial charge in [-0.2, -0.15) is 10.2 Å². The molecule has 0 aliphatic heterocycles. The van der Waals surface area contributed by atoms with Crippen LogP contribution in [0.2, 0.25) is 0 Å². The van der Waals surface area contributed by atoms with E-state index in [1.54, 1.807) is 0 Å². The summed E-state index contributed by atoms with van der Waals surface area (Å²) in [6.45, 7) is 0.840. The summed E-state index contributed by atoms with van der Waals surface area (Å²) >= 11 is 0. The van der Waals surface area contributed by atoms with Crippen LogP contribution in [0.4, 0.5) is 0 Å². The minimum atomic E-state index is 0.404. The molecule has 1 atom stereocenters. The van der Waals surface area contributed by atoms with Crippen LogP contribution in [-0.2, 0) is 20.0 Å². The van der Waals surface area contributed by atoms with Crippen LogP contribution in [0.25, 0.3) is 5.52 Å². The highest BCUT2D eigenvalue weighted by Gasteiger charge is 2.23. The highest BCUT2D eigenvalue weighted by atomic mass is 15.3. The summed E-state index contributed by atoms with van der Waals surface area (Å²) in [5.74, 6) is 0. The number of rotatable bonds is 3. The van der Waals surface area contributed by atoms with Gasteiger partial charge in [-0.1, -0.05) is 6.07 Å². The molecule has 3 aromatic heterocycles. The van der Waals surface area contributed by atoms with Gasteiger partial charge >= 0.3 is 0 Å². The SMILES string of the molecule is Cn1ncc2c1CCCC2NCc1cnn2ccccc12. The molecule has 0 aromatic carbocycles. The molecule has 4 rings (SSSR count). The summed E-state index contributed by atoms with van der Waals surface area (Å²) in [7, 11) is 2.03. The Morgan fingerprint density at radius 3 is 3.19 bits per heavy atom. The summed E-state index contributed by atoms with van der Waals surface area (Å²) in [6.07, 6.45) is 9.49. The van der Waals surface area contributed by atoms with Gasteiger partial charge in [0, 0.05) is 42.7 Å². The summed E-state index contributed by atoms with van der Waals surface area (Å²) in [5.41, 5.74) is 5.15. The van der Waals surface area contributed by atoms with Crippen LogP contribution in [0, 0.1) is 0 Å². The molecule has 0 fully saturated rings. The summed E-state index contributed by atoms with van der Waals surface area (Å²) < 4.78 is 3.94. The molecule has 5 nitrogen and oxygen atoms in total. The number of aromatic nitrogens is 4. The topological polar surface area (TPSA) is 47.2 Å². The van der Waals surface area contributed by atoms with E-state index < -0.39 is 0 Å². The van der Waals surface area contributed by atoms with Gasteiger partial charge < -0.3 is 5.32 Å². The fraction of sp³-hybridized carbons (Fsp3) is 0.375. The Morgan fingerprint density at radius 2 is 2.24 bits per heavy atom. The average molecular weight is 281 g/mol. The molecule has 3 heterocycles. The maximum absolute atomic E-state index is 4.40. The molecule has 3 aromatic rings. The first-order chi connectivity index (χ1) is 10.3. The maximum Gasteiger partial charge on any atom is 0.0706 e. The molecular weight excluding hydrogens is 262 g/mol. The van der Waals surface area contributed by atoms with E-state index in [9.17, 15) is 0 Å². The van der Waals surface area contributed by atoms with E-state index in [0.717, 1.165) is 13.0 Å². The predicted octanol–water partition coefficient (Wildman–Crippen LogP) is 2.24. The molecule has 108 valence electrons. The molecule has 0 radical (unpaired) electrons. The second-order valence-electron chi connectivity index (χ2n) is 5.70. The zero-order chi connectivity index (χ0) is 14.2. The average Bonchev–Trinajstić information content (AvgIpc) is 3.10. The van der Waals surface area contributed by atoms with E-state index in [2.05, 4.69) is 27.6 Å². The van der Waals surface area contributed by atoms with E-state index in [4.69, 9.17) is 0 Å². The second-order valence-corrected chi connectivity index (χ2v) is 5.70. The number of hydrogen-bond donors (Lipinski definition) is 1. The van der Waals surface area contributed by atoms with E-state index in [0.29, 0.717) is 6.04 Å². The first-order valence-corrected chi connectivity index (χ1v) is 7.48. The van der Waals surface area contributed by atoms with Crippen LogP contribution in [0.15, 0.2) is 36.8 Å². The van der Waals surface area contributed by atoms with E-state index in [1.165, 1.54) is 35.2 Å². The van der Waals surface area contributed by atoms with Gasteiger partial charge in [-0.3, -0.25) is 4.68 Å². The number of pyridine rings is 1. The second kappa shape index (κ2) is 5.00. The van der Waals surface area contributed by atoms with Gasteiger partial charge in [0.05, 0.1) is 17.9 Å². The van der Waals surface area contributed by atoms with Crippen molar-refractivity contribution >= 4 is 5.52 Å². The maximum atomic E-state index is 4.40. The van der Waals surface area contributed by atoms with E-state index >= 15 is 0 Å². The highest BCUT2D eigenvalue weighted by Crippen LogP contribution is 2.29. The van der Waals surface area contributed by atoms with Crippen molar-refractivity contribution < 1.29 is 0 Å². The van der Waals surface area contributed by atoms with Gasteiger partial charge in [-0.25, -0.2) is 4.52 Å². The minimum Gasteiger partial charge on any atom is -0.306 e. The van der Waals surface area contributed by atoms with Crippen LogP contribution in [0.3, 0.4) is 0 Å². The Kier molecular flexibility index (Phi) is 3.00. The minimum absolute atomic E-state index is 0.404. The lowest BCUT2D eigenvalue weighted by molar-refractivity contribution is 0.452. The molecular formula is C16H19N5. The lowest BCUT2D eigenvalue weighted by Gasteiger charge is -2.23. The van der Waals surface area contributed by atoms with Crippen molar-refractivity contribution in [3.8, 4) is 0 Å². The molecule has 0 amide bonds. The summed E-state index contributed by atoms with van der Waals surface area (Å²) in [4.78, 5) is 0. The summed E-state index contributed by atoms with van der Waals surface area (Å²) in [5, 5.41) is 12.5. The molecule has 0 saturated heterocycles. The van der Waals surface area contributed by atoms with Crippen molar-refractivity contribution in [1.82, 2.24) is 24.7 Å². The third-order valence-electron chi connectivity index (χ3n) is 4.42. The third kappa shape index (κ3) is 2.14. The van der Waals surface area contributed by atoms with Crippen molar-refractivity contribution in [2.45, 2.75) is 31.8 Å². The van der Waals surface area contributed by atoms with Crippen molar-refractivity contribution in [3.05, 3.63) is 53.6 Å². The number of nitrogens with one attached hydrogen (secondary N) is 1. The van der Waals surface area contributed by atoms with Gasteiger partial charge in [-0.05, 0) is 31.4 Å². The largest absolute Gasteiger partial charge is 0.306 e. The molecule has 1 unspecified atom stereocenters. The summed E-state index contributed by atoms with van der Waals surface area (Å²) in [6, 6.07) is 6.57. The monoisotopic (exact) mass is 281 g/mol. The molecule has 0 saturated carbocycles. The third-order valence-corrected chi connectivity index (χ3v) is 4.42. The first-order valence-electron chi connectivity index (χ1n) is 7.48. The Hall–Kier alpha value is -2.14.